The first-order chi connectivity index (χ1) is 9.07. The number of methoxy groups -OCH3 is 1. The third kappa shape index (κ3) is 3.06. The van der Waals surface area contributed by atoms with Crippen LogP contribution < -0.4 is 0 Å². The molecule has 5 nitrogen and oxygen atoms in total. The van der Waals surface area contributed by atoms with Crippen LogP contribution in [0.5, 0.6) is 0 Å². The number of likely N-dealkylation sites (tertiary alicyclic amines) is 1. The van der Waals surface area contributed by atoms with Gasteiger partial charge >= 0.3 is 6.09 Å². The van der Waals surface area contributed by atoms with E-state index in [0.29, 0.717) is 19.7 Å². The number of aromatic nitrogens is 1. The average Bonchev–Trinajstić information content (AvgIpc) is 2.39. The van der Waals surface area contributed by atoms with Crippen LogP contribution >= 0.6 is 15.9 Å². The van der Waals surface area contributed by atoms with Gasteiger partial charge in [0.1, 0.15) is 0 Å². The molecule has 1 aliphatic rings. The Hall–Kier alpha value is -1.14. The molecule has 1 aromatic heterocycles. The highest BCUT2D eigenvalue weighted by molar-refractivity contribution is 9.10. The first-order valence-corrected chi connectivity index (χ1v) is 6.95. The van der Waals surface area contributed by atoms with Crippen LogP contribution in [-0.2, 0) is 10.2 Å². The van der Waals surface area contributed by atoms with Gasteiger partial charge < -0.3 is 14.7 Å². The fraction of sp³-hybridized carbons (Fsp3) is 0.538. The quantitative estimate of drug-likeness (QED) is 0.925. The lowest BCUT2D eigenvalue weighted by Crippen LogP contribution is -2.47. The molecule has 0 spiro atoms. The summed E-state index contributed by atoms with van der Waals surface area (Å²) >= 11 is 3.45. The highest BCUT2D eigenvalue weighted by atomic mass is 79.9. The lowest BCUT2D eigenvalue weighted by molar-refractivity contribution is 0.0673. The number of nitrogens with zero attached hydrogens (tertiary/aromatic N) is 2. The lowest BCUT2D eigenvalue weighted by atomic mass is 9.76. The molecule has 104 valence electrons. The molecular formula is C13H17BrN2O3. The number of carbonyl (C=O) groups is 1. The highest BCUT2D eigenvalue weighted by Crippen LogP contribution is 2.35. The molecule has 1 amide bonds. The second-order valence-electron chi connectivity index (χ2n) is 4.84. The van der Waals surface area contributed by atoms with Crippen molar-refractivity contribution in [1.82, 2.24) is 9.88 Å². The summed E-state index contributed by atoms with van der Waals surface area (Å²) < 4.78 is 6.33. The Morgan fingerprint density at radius 1 is 1.58 bits per heavy atom. The normalized spacial score (nSPS) is 18.3. The summed E-state index contributed by atoms with van der Waals surface area (Å²) in [6.07, 6.45) is 2.38. The maximum Gasteiger partial charge on any atom is 0.407 e. The van der Waals surface area contributed by atoms with Crippen LogP contribution in [0.3, 0.4) is 0 Å². The van der Waals surface area contributed by atoms with E-state index in [-0.39, 0.29) is 5.41 Å². The van der Waals surface area contributed by atoms with E-state index in [1.165, 1.54) is 4.90 Å². The number of hydrogen-bond acceptors (Lipinski definition) is 3. The molecule has 0 atom stereocenters. The molecule has 1 fully saturated rings. The van der Waals surface area contributed by atoms with Crippen LogP contribution in [-0.4, -0.2) is 47.9 Å². The highest BCUT2D eigenvalue weighted by Gasteiger charge is 2.38. The van der Waals surface area contributed by atoms with E-state index in [1.54, 1.807) is 13.3 Å². The Balaban J connectivity index is 2.23. The zero-order valence-corrected chi connectivity index (χ0v) is 12.4. The van der Waals surface area contributed by atoms with Gasteiger partial charge in [0.05, 0.1) is 12.3 Å². The zero-order valence-electron chi connectivity index (χ0n) is 10.8. The molecule has 0 radical (unpaired) electrons. The van der Waals surface area contributed by atoms with Crippen molar-refractivity contribution in [3.05, 3.63) is 28.5 Å². The molecule has 1 N–H and O–H groups in total. The minimum atomic E-state index is -0.854. The molecule has 1 aliphatic heterocycles. The molecule has 19 heavy (non-hydrogen) atoms. The first kappa shape index (κ1) is 14.3. The number of amides is 1. The minimum absolute atomic E-state index is 0.190. The van der Waals surface area contributed by atoms with Crippen molar-refractivity contribution in [1.29, 1.82) is 0 Å². The third-order valence-corrected chi connectivity index (χ3v) is 4.17. The first-order valence-electron chi connectivity index (χ1n) is 6.16. The molecule has 1 aromatic rings. The second-order valence-corrected chi connectivity index (χ2v) is 5.76. The van der Waals surface area contributed by atoms with E-state index in [1.807, 2.05) is 12.1 Å². The van der Waals surface area contributed by atoms with Crippen molar-refractivity contribution < 1.29 is 14.6 Å². The number of pyridine rings is 1. The van der Waals surface area contributed by atoms with Crippen molar-refractivity contribution in [2.24, 2.45) is 0 Å². The largest absolute Gasteiger partial charge is 0.465 e. The molecule has 1 saturated heterocycles. The topological polar surface area (TPSA) is 62.7 Å². The molecule has 0 aliphatic carbocycles. The predicted octanol–water partition coefficient (Wildman–Crippen LogP) is 2.50. The van der Waals surface area contributed by atoms with Gasteiger partial charge in [-0.25, -0.2) is 4.79 Å². The Labute approximate surface area is 120 Å². The molecule has 0 unspecified atom stereocenters. The van der Waals surface area contributed by atoms with Crippen LogP contribution in [0, 0.1) is 0 Å². The summed E-state index contributed by atoms with van der Waals surface area (Å²) in [6, 6.07) is 3.88. The summed E-state index contributed by atoms with van der Waals surface area (Å²) in [6.45, 7) is 1.60. The van der Waals surface area contributed by atoms with Gasteiger partial charge in [0.25, 0.3) is 0 Å². The third-order valence-electron chi connectivity index (χ3n) is 3.68. The summed E-state index contributed by atoms with van der Waals surface area (Å²) in [7, 11) is 1.67. The Kier molecular flexibility index (Phi) is 4.42. The summed E-state index contributed by atoms with van der Waals surface area (Å²) in [5.74, 6) is 0. The number of piperidine rings is 1. The molecule has 2 heterocycles. The van der Waals surface area contributed by atoms with E-state index in [4.69, 9.17) is 9.84 Å². The zero-order chi connectivity index (χ0) is 13.9. The van der Waals surface area contributed by atoms with E-state index >= 15 is 0 Å². The van der Waals surface area contributed by atoms with Crippen LogP contribution in [0.25, 0.3) is 0 Å². The average molecular weight is 329 g/mol. The number of ether oxygens (including phenoxy) is 1. The molecule has 2 rings (SSSR count). The second kappa shape index (κ2) is 5.88. The minimum Gasteiger partial charge on any atom is -0.465 e. The van der Waals surface area contributed by atoms with Gasteiger partial charge in [-0.15, -0.1) is 0 Å². The predicted molar refractivity (Wildman–Crippen MR) is 74.3 cm³/mol. The Morgan fingerprint density at radius 2 is 2.26 bits per heavy atom. The molecule has 0 saturated carbocycles. The van der Waals surface area contributed by atoms with Gasteiger partial charge in [0.15, 0.2) is 0 Å². The van der Waals surface area contributed by atoms with Crippen LogP contribution in [0.1, 0.15) is 18.5 Å². The van der Waals surface area contributed by atoms with Crippen LogP contribution in [0.4, 0.5) is 4.79 Å². The Morgan fingerprint density at radius 3 is 2.79 bits per heavy atom. The van der Waals surface area contributed by atoms with E-state index < -0.39 is 6.09 Å². The van der Waals surface area contributed by atoms with Gasteiger partial charge in [-0.3, -0.25) is 4.98 Å². The molecule has 0 aromatic carbocycles. The maximum atomic E-state index is 11.0. The van der Waals surface area contributed by atoms with Crippen molar-refractivity contribution in [3.63, 3.8) is 0 Å². The smallest absolute Gasteiger partial charge is 0.407 e. The van der Waals surface area contributed by atoms with Crippen molar-refractivity contribution in [3.8, 4) is 0 Å². The SMILES string of the molecule is COCC1(c2cc(Br)ccn2)CCN(C(=O)O)CC1. The molecule has 0 bridgehead atoms. The standard InChI is InChI=1S/C13H17BrN2O3/c1-19-9-13(11-8-10(14)2-5-15-11)3-6-16(7-4-13)12(17)18/h2,5,8H,3-4,6-7,9H2,1H3,(H,17,18). The van der Waals surface area contributed by atoms with E-state index in [9.17, 15) is 4.79 Å². The van der Waals surface area contributed by atoms with Gasteiger partial charge in [-0.05, 0) is 25.0 Å². The summed E-state index contributed by atoms with van der Waals surface area (Å²) in [5.41, 5.74) is 0.776. The summed E-state index contributed by atoms with van der Waals surface area (Å²) in [4.78, 5) is 16.9. The van der Waals surface area contributed by atoms with Crippen LogP contribution in [0.15, 0.2) is 22.8 Å². The Bertz CT molecular complexity index is 459. The van der Waals surface area contributed by atoms with E-state index in [0.717, 1.165) is 23.0 Å². The fourth-order valence-electron chi connectivity index (χ4n) is 2.57. The lowest BCUT2D eigenvalue weighted by Gasteiger charge is -2.40. The van der Waals surface area contributed by atoms with Gasteiger partial charge in [-0.1, -0.05) is 15.9 Å². The molecule has 6 heteroatoms. The van der Waals surface area contributed by atoms with Crippen molar-refractivity contribution in [2.75, 3.05) is 26.8 Å². The van der Waals surface area contributed by atoms with Gasteiger partial charge in [0.2, 0.25) is 0 Å². The monoisotopic (exact) mass is 328 g/mol. The number of rotatable bonds is 3. The number of hydrogen-bond donors (Lipinski definition) is 1. The molecular weight excluding hydrogens is 312 g/mol. The maximum absolute atomic E-state index is 11.0. The van der Waals surface area contributed by atoms with E-state index in [2.05, 4.69) is 20.9 Å². The summed E-state index contributed by atoms with van der Waals surface area (Å²) in [5, 5.41) is 9.02. The fourth-order valence-corrected chi connectivity index (χ4v) is 2.91. The van der Waals surface area contributed by atoms with Crippen molar-refractivity contribution in [2.45, 2.75) is 18.3 Å². The van der Waals surface area contributed by atoms with Crippen LogP contribution in [0.2, 0.25) is 0 Å². The van der Waals surface area contributed by atoms with Crippen molar-refractivity contribution >= 4 is 22.0 Å². The number of halogens is 1. The van der Waals surface area contributed by atoms with Gasteiger partial charge in [-0.2, -0.15) is 0 Å². The number of carboxylic acid groups (broad SMARTS) is 1. The van der Waals surface area contributed by atoms with Gasteiger partial charge in [0, 0.05) is 36.3 Å².